The van der Waals surface area contributed by atoms with Gasteiger partial charge in [0.1, 0.15) is 18.2 Å². The number of Topliss-reactive ketones (excluding diaryl/α,β-unsaturated/α-hetero) is 1. The van der Waals surface area contributed by atoms with Crippen LogP contribution in [0.4, 0.5) is 0 Å². The monoisotopic (exact) mass is 531 g/mol. The first-order chi connectivity index (χ1) is 18.3. The number of imidazole rings is 1. The van der Waals surface area contributed by atoms with Gasteiger partial charge in [0.05, 0.1) is 16.9 Å². The Kier molecular flexibility index (Phi) is 6.84. The van der Waals surface area contributed by atoms with Gasteiger partial charge in [-0.3, -0.25) is 9.59 Å². The zero-order chi connectivity index (χ0) is 26.8. The van der Waals surface area contributed by atoms with E-state index in [4.69, 9.17) is 16.7 Å². The normalized spacial score (nSPS) is 15.0. The number of carboxylic acid groups (broad SMARTS) is 1. The fourth-order valence-corrected chi connectivity index (χ4v) is 4.69. The molecule has 0 spiro atoms. The zero-order valence-corrected chi connectivity index (χ0v) is 21.0. The van der Waals surface area contributed by atoms with Crippen molar-refractivity contribution in [3.05, 3.63) is 93.8 Å². The molecule has 2 N–H and O–H groups in total. The summed E-state index contributed by atoms with van der Waals surface area (Å²) in [6.45, 7) is 2.12. The molecule has 2 aromatic carbocycles. The summed E-state index contributed by atoms with van der Waals surface area (Å²) in [6.07, 6.45) is 4.99. The van der Waals surface area contributed by atoms with Crippen LogP contribution in [0.25, 0.3) is 11.8 Å². The molecule has 2 aromatic heterocycles. The lowest BCUT2D eigenvalue weighted by Gasteiger charge is -2.33. The quantitative estimate of drug-likeness (QED) is 0.346. The van der Waals surface area contributed by atoms with Gasteiger partial charge < -0.3 is 15.0 Å². The second-order valence-electron chi connectivity index (χ2n) is 8.81. The Bertz CT molecular complexity index is 1540. The number of H-pyrrole nitrogens is 1. The van der Waals surface area contributed by atoms with Crippen LogP contribution in [0.3, 0.4) is 0 Å². The standard InChI is InChI=1S/C26H22ClN7O4/c1-15-29-20-10-11-33(23(36)9-6-18-13-19(27)7-8-21(18)34-14-28-31-32-34)25(24(20)30-15)22(35)12-16-2-4-17(5-3-16)26(37)38/h2-9,13-14,25H,10-12H2,1H3,(H,29,30)(H,37,38)/b9-6+. The zero-order valence-electron chi connectivity index (χ0n) is 20.2. The van der Waals surface area contributed by atoms with E-state index >= 15 is 0 Å². The van der Waals surface area contributed by atoms with Crippen molar-refractivity contribution < 1.29 is 19.5 Å². The van der Waals surface area contributed by atoms with Crippen molar-refractivity contribution in [2.75, 3.05) is 6.54 Å². The maximum Gasteiger partial charge on any atom is 0.335 e. The molecule has 12 heteroatoms. The SMILES string of the molecule is Cc1nc2c([nH]1)CCN(C(=O)/C=C/c1cc(Cl)ccc1-n1cnnn1)C2C(=O)Cc1ccc(C(=O)O)cc1. The first kappa shape index (κ1) is 25.0. The van der Waals surface area contributed by atoms with Crippen LogP contribution in [0.2, 0.25) is 5.02 Å². The molecule has 192 valence electrons. The molecule has 1 unspecified atom stereocenters. The van der Waals surface area contributed by atoms with Crippen molar-refractivity contribution in [2.24, 2.45) is 0 Å². The van der Waals surface area contributed by atoms with Crippen LogP contribution < -0.4 is 0 Å². The minimum absolute atomic E-state index is 0.0150. The van der Waals surface area contributed by atoms with Crippen molar-refractivity contribution >= 4 is 35.3 Å². The Hall–Kier alpha value is -4.64. The maximum absolute atomic E-state index is 13.6. The third-order valence-corrected chi connectivity index (χ3v) is 6.50. The summed E-state index contributed by atoms with van der Waals surface area (Å²) in [4.78, 5) is 47.4. The van der Waals surface area contributed by atoms with Gasteiger partial charge in [0.15, 0.2) is 5.78 Å². The van der Waals surface area contributed by atoms with Gasteiger partial charge in [-0.25, -0.2) is 9.78 Å². The molecule has 1 aliphatic heterocycles. The number of aromatic carboxylic acids is 1. The molecule has 38 heavy (non-hydrogen) atoms. The predicted molar refractivity (Wildman–Crippen MR) is 137 cm³/mol. The summed E-state index contributed by atoms with van der Waals surface area (Å²) >= 11 is 6.19. The average molecular weight is 532 g/mol. The summed E-state index contributed by atoms with van der Waals surface area (Å²) in [7, 11) is 0. The number of aromatic nitrogens is 6. The highest BCUT2D eigenvalue weighted by Crippen LogP contribution is 2.31. The fraction of sp³-hybridized carbons (Fsp3) is 0.192. The van der Waals surface area contributed by atoms with Gasteiger partial charge in [0.25, 0.3) is 0 Å². The summed E-state index contributed by atoms with van der Waals surface area (Å²) in [6, 6.07) is 10.4. The van der Waals surface area contributed by atoms with Gasteiger partial charge in [0, 0.05) is 41.7 Å². The Morgan fingerprint density at radius 1 is 1.18 bits per heavy atom. The highest BCUT2D eigenvalue weighted by atomic mass is 35.5. The molecule has 0 radical (unpaired) electrons. The van der Waals surface area contributed by atoms with E-state index in [-0.39, 0.29) is 23.7 Å². The van der Waals surface area contributed by atoms with E-state index in [1.807, 2.05) is 0 Å². The maximum atomic E-state index is 13.6. The smallest absolute Gasteiger partial charge is 0.335 e. The third-order valence-electron chi connectivity index (χ3n) is 6.26. The third kappa shape index (κ3) is 5.09. The molecular formula is C26H22ClN7O4. The molecule has 5 rings (SSSR count). The molecule has 0 aliphatic carbocycles. The number of amides is 1. The second kappa shape index (κ2) is 10.4. The molecule has 3 heterocycles. The Balaban J connectivity index is 1.43. The molecule has 1 aliphatic rings. The number of halogens is 1. The highest BCUT2D eigenvalue weighted by Gasteiger charge is 2.37. The number of aryl methyl sites for hydroxylation is 1. The van der Waals surface area contributed by atoms with Crippen LogP contribution in [0.1, 0.15) is 44.7 Å². The number of rotatable bonds is 7. The van der Waals surface area contributed by atoms with Gasteiger partial charge in [0.2, 0.25) is 5.91 Å². The number of nitrogens with zero attached hydrogens (tertiary/aromatic N) is 6. The van der Waals surface area contributed by atoms with Crippen molar-refractivity contribution in [3.63, 3.8) is 0 Å². The van der Waals surface area contributed by atoms with Crippen LogP contribution in [0.15, 0.2) is 54.9 Å². The van der Waals surface area contributed by atoms with Crippen molar-refractivity contribution in [3.8, 4) is 5.69 Å². The highest BCUT2D eigenvalue weighted by molar-refractivity contribution is 6.30. The molecule has 4 aromatic rings. The fourth-order valence-electron chi connectivity index (χ4n) is 4.51. The first-order valence-corrected chi connectivity index (χ1v) is 12.1. The lowest BCUT2D eigenvalue weighted by Crippen LogP contribution is -2.43. The second-order valence-corrected chi connectivity index (χ2v) is 9.24. The average Bonchev–Trinajstić information content (AvgIpc) is 3.56. The van der Waals surface area contributed by atoms with Crippen LogP contribution in [0.5, 0.6) is 0 Å². The number of fused-ring (bicyclic) bond motifs is 1. The van der Waals surface area contributed by atoms with Crippen LogP contribution in [-0.2, 0) is 22.4 Å². The van der Waals surface area contributed by atoms with E-state index in [9.17, 15) is 14.4 Å². The number of benzene rings is 2. The predicted octanol–water partition coefficient (Wildman–Crippen LogP) is 3.00. The minimum atomic E-state index is -1.04. The van der Waals surface area contributed by atoms with Crippen LogP contribution in [0, 0.1) is 6.92 Å². The van der Waals surface area contributed by atoms with E-state index in [1.54, 1.807) is 43.3 Å². The molecule has 0 saturated carbocycles. The van der Waals surface area contributed by atoms with E-state index in [0.717, 1.165) is 5.69 Å². The van der Waals surface area contributed by atoms with Crippen molar-refractivity contribution in [1.29, 1.82) is 0 Å². The van der Waals surface area contributed by atoms with Gasteiger partial charge >= 0.3 is 5.97 Å². The lowest BCUT2D eigenvalue weighted by molar-refractivity contribution is -0.136. The summed E-state index contributed by atoms with van der Waals surface area (Å²) in [5, 5.41) is 20.8. The number of hydrogen-bond donors (Lipinski definition) is 2. The number of aromatic amines is 1. The van der Waals surface area contributed by atoms with E-state index in [1.165, 1.54) is 34.1 Å². The largest absolute Gasteiger partial charge is 0.478 e. The number of carbonyl (C=O) groups is 3. The Morgan fingerprint density at radius 3 is 2.68 bits per heavy atom. The molecular weight excluding hydrogens is 510 g/mol. The topological polar surface area (TPSA) is 147 Å². The molecule has 0 fully saturated rings. The number of nitrogens with one attached hydrogen (secondary N) is 1. The van der Waals surface area contributed by atoms with Crippen molar-refractivity contribution in [2.45, 2.75) is 25.8 Å². The minimum Gasteiger partial charge on any atom is -0.478 e. The van der Waals surface area contributed by atoms with Gasteiger partial charge in [-0.1, -0.05) is 23.7 Å². The number of ketones is 1. The molecule has 11 nitrogen and oxygen atoms in total. The summed E-state index contributed by atoms with van der Waals surface area (Å²) in [5.74, 6) is -0.968. The molecule has 0 saturated heterocycles. The lowest BCUT2D eigenvalue weighted by atomic mass is 9.94. The van der Waals surface area contributed by atoms with Gasteiger partial charge in [-0.05, 0) is 59.3 Å². The van der Waals surface area contributed by atoms with Gasteiger partial charge in [-0.15, -0.1) is 5.10 Å². The van der Waals surface area contributed by atoms with Gasteiger partial charge in [-0.2, -0.15) is 4.68 Å². The Morgan fingerprint density at radius 2 is 1.97 bits per heavy atom. The molecule has 0 bridgehead atoms. The van der Waals surface area contributed by atoms with Crippen molar-refractivity contribution in [1.82, 2.24) is 35.1 Å². The number of carboxylic acids is 1. The molecule has 1 amide bonds. The van der Waals surface area contributed by atoms with E-state index < -0.39 is 12.0 Å². The Labute approximate surface area is 221 Å². The van der Waals surface area contributed by atoms with Crippen LogP contribution in [-0.4, -0.2) is 64.4 Å². The summed E-state index contributed by atoms with van der Waals surface area (Å²) in [5.41, 5.74) is 3.38. The van der Waals surface area contributed by atoms with Crippen LogP contribution >= 0.6 is 11.6 Å². The number of carbonyl (C=O) groups excluding carboxylic acids is 2. The number of hydrogen-bond acceptors (Lipinski definition) is 7. The summed E-state index contributed by atoms with van der Waals surface area (Å²) < 4.78 is 1.46. The van der Waals surface area contributed by atoms with E-state index in [2.05, 4.69) is 25.5 Å². The first-order valence-electron chi connectivity index (χ1n) is 11.7. The molecule has 1 atom stereocenters. The van der Waals surface area contributed by atoms with E-state index in [0.29, 0.717) is 46.3 Å². The number of tetrazole rings is 1.